The first-order valence-corrected chi connectivity index (χ1v) is 9.48. The van der Waals surface area contributed by atoms with Crippen LogP contribution in [0.4, 0.5) is 0 Å². The quantitative estimate of drug-likeness (QED) is 0.839. The maximum absolute atomic E-state index is 13.2. The Labute approximate surface area is 159 Å². The van der Waals surface area contributed by atoms with Crippen LogP contribution >= 0.6 is 0 Å². The van der Waals surface area contributed by atoms with E-state index in [2.05, 4.69) is 9.97 Å². The van der Waals surface area contributed by atoms with Gasteiger partial charge in [-0.1, -0.05) is 0 Å². The van der Waals surface area contributed by atoms with Crippen LogP contribution in [0.5, 0.6) is 0 Å². The van der Waals surface area contributed by atoms with E-state index >= 15 is 0 Å². The number of rotatable bonds is 3. The fourth-order valence-electron chi connectivity index (χ4n) is 4.21. The summed E-state index contributed by atoms with van der Waals surface area (Å²) in [6, 6.07) is 7.56. The first-order chi connectivity index (χ1) is 13.1. The predicted octanol–water partition coefficient (Wildman–Crippen LogP) is 2.44. The van der Waals surface area contributed by atoms with Gasteiger partial charge in [0, 0.05) is 50.5 Å². The lowest BCUT2D eigenvalue weighted by Crippen LogP contribution is -2.49. The molecule has 0 aliphatic carbocycles. The van der Waals surface area contributed by atoms with Crippen LogP contribution in [0.1, 0.15) is 40.9 Å². The molecule has 2 aromatic rings. The normalized spacial score (nSPS) is 22.5. The average Bonchev–Trinajstić information content (AvgIpc) is 2.98. The summed E-state index contributed by atoms with van der Waals surface area (Å²) in [5, 5.41) is 0. The molecule has 2 aliphatic heterocycles. The van der Waals surface area contributed by atoms with Gasteiger partial charge in [-0.25, -0.2) is 0 Å². The largest absolute Gasteiger partial charge is 0.338 e. The van der Waals surface area contributed by atoms with Crippen molar-refractivity contribution < 1.29 is 9.59 Å². The Bertz CT molecular complexity index is 837. The lowest BCUT2D eigenvalue weighted by Gasteiger charge is -2.39. The highest BCUT2D eigenvalue weighted by atomic mass is 16.2. The molecular formula is C21H24N4O2. The van der Waals surface area contributed by atoms with E-state index in [9.17, 15) is 9.59 Å². The molecule has 2 amide bonds. The molecule has 0 radical (unpaired) electrons. The fourth-order valence-corrected chi connectivity index (χ4v) is 4.21. The number of amides is 2. The van der Waals surface area contributed by atoms with Crippen LogP contribution < -0.4 is 0 Å². The van der Waals surface area contributed by atoms with Gasteiger partial charge in [0.1, 0.15) is 0 Å². The minimum atomic E-state index is -0.431. The smallest absolute Gasteiger partial charge is 0.255 e. The molecule has 0 aromatic carbocycles. The summed E-state index contributed by atoms with van der Waals surface area (Å²) in [6.45, 7) is 4.46. The highest BCUT2D eigenvalue weighted by Gasteiger charge is 2.49. The van der Waals surface area contributed by atoms with Gasteiger partial charge in [0.2, 0.25) is 5.91 Å². The molecule has 2 aromatic heterocycles. The van der Waals surface area contributed by atoms with Gasteiger partial charge in [0.25, 0.3) is 5.91 Å². The van der Waals surface area contributed by atoms with Gasteiger partial charge in [-0.05, 0) is 56.0 Å². The minimum absolute atomic E-state index is 0.0260. The Morgan fingerprint density at radius 3 is 2.70 bits per heavy atom. The van der Waals surface area contributed by atoms with E-state index in [4.69, 9.17) is 0 Å². The van der Waals surface area contributed by atoms with Crippen molar-refractivity contribution >= 4 is 11.8 Å². The molecule has 1 atom stereocenters. The van der Waals surface area contributed by atoms with Crippen LogP contribution in [-0.2, 0) is 11.3 Å². The Kier molecular flexibility index (Phi) is 4.64. The van der Waals surface area contributed by atoms with Gasteiger partial charge in [-0.15, -0.1) is 0 Å². The molecule has 0 N–H and O–H groups in total. The van der Waals surface area contributed by atoms with Gasteiger partial charge in [-0.2, -0.15) is 0 Å². The molecular weight excluding hydrogens is 340 g/mol. The van der Waals surface area contributed by atoms with E-state index < -0.39 is 5.41 Å². The SMILES string of the molecule is Cc1ccc(C(=O)N2CCCC3(CCN(Cc4ccncc4)C3=O)C2)cn1. The topological polar surface area (TPSA) is 66.4 Å². The van der Waals surface area contributed by atoms with Crippen molar-refractivity contribution in [1.82, 2.24) is 19.8 Å². The molecule has 6 heteroatoms. The van der Waals surface area contributed by atoms with Crippen LogP contribution in [0.25, 0.3) is 0 Å². The lowest BCUT2D eigenvalue weighted by molar-refractivity contribution is -0.138. The van der Waals surface area contributed by atoms with E-state index in [0.29, 0.717) is 25.2 Å². The minimum Gasteiger partial charge on any atom is -0.338 e. The van der Waals surface area contributed by atoms with E-state index in [1.807, 2.05) is 41.0 Å². The molecule has 2 saturated heterocycles. The zero-order chi connectivity index (χ0) is 18.9. The van der Waals surface area contributed by atoms with Crippen LogP contribution in [0, 0.1) is 12.3 Å². The monoisotopic (exact) mass is 364 g/mol. The molecule has 0 bridgehead atoms. The summed E-state index contributed by atoms with van der Waals surface area (Å²) in [7, 11) is 0. The number of carbonyl (C=O) groups excluding carboxylic acids is 2. The average molecular weight is 364 g/mol. The van der Waals surface area contributed by atoms with Crippen molar-refractivity contribution in [1.29, 1.82) is 0 Å². The third kappa shape index (κ3) is 3.44. The van der Waals surface area contributed by atoms with Crippen molar-refractivity contribution in [2.24, 2.45) is 5.41 Å². The first kappa shape index (κ1) is 17.6. The van der Waals surface area contributed by atoms with E-state index in [1.54, 1.807) is 18.6 Å². The van der Waals surface area contributed by atoms with Gasteiger partial charge in [0.05, 0.1) is 11.0 Å². The zero-order valence-corrected chi connectivity index (χ0v) is 15.6. The molecule has 2 fully saturated rings. The predicted molar refractivity (Wildman–Crippen MR) is 101 cm³/mol. The Balaban J connectivity index is 1.48. The molecule has 1 spiro atoms. The first-order valence-electron chi connectivity index (χ1n) is 9.48. The molecule has 140 valence electrons. The molecule has 1 unspecified atom stereocenters. The number of carbonyl (C=O) groups is 2. The summed E-state index contributed by atoms with van der Waals surface area (Å²) in [4.78, 5) is 38.1. The number of likely N-dealkylation sites (tertiary alicyclic amines) is 2. The van der Waals surface area contributed by atoms with Crippen LogP contribution in [0.15, 0.2) is 42.9 Å². The number of piperidine rings is 1. The second-order valence-corrected chi connectivity index (χ2v) is 7.63. The second kappa shape index (κ2) is 7.10. The van der Waals surface area contributed by atoms with Crippen molar-refractivity contribution in [3.8, 4) is 0 Å². The molecule has 27 heavy (non-hydrogen) atoms. The Hall–Kier alpha value is -2.76. The highest BCUT2D eigenvalue weighted by Crippen LogP contribution is 2.41. The fraction of sp³-hybridized carbons (Fsp3) is 0.429. The van der Waals surface area contributed by atoms with Crippen molar-refractivity contribution in [3.05, 3.63) is 59.7 Å². The number of aromatic nitrogens is 2. The van der Waals surface area contributed by atoms with Crippen LogP contribution in [0.3, 0.4) is 0 Å². The standard InChI is InChI=1S/C21H24N4O2/c1-16-3-4-18(13-23-16)19(26)25-11-2-7-21(15-25)8-12-24(20(21)27)14-17-5-9-22-10-6-17/h3-6,9-10,13H,2,7-8,11-12,14-15H2,1H3. The molecule has 6 nitrogen and oxygen atoms in total. The molecule has 4 heterocycles. The van der Waals surface area contributed by atoms with Crippen molar-refractivity contribution in [2.45, 2.75) is 32.7 Å². The van der Waals surface area contributed by atoms with Crippen molar-refractivity contribution in [2.75, 3.05) is 19.6 Å². The van der Waals surface area contributed by atoms with Gasteiger partial charge in [0.15, 0.2) is 0 Å². The maximum Gasteiger partial charge on any atom is 0.255 e. The van der Waals surface area contributed by atoms with Gasteiger partial charge >= 0.3 is 0 Å². The van der Waals surface area contributed by atoms with E-state index in [-0.39, 0.29) is 11.8 Å². The molecule has 2 aliphatic rings. The number of hydrogen-bond acceptors (Lipinski definition) is 4. The third-order valence-corrected chi connectivity index (χ3v) is 5.75. The van der Waals surface area contributed by atoms with Gasteiger partial charge in [-0.3, -0.25) is 19.6 Å². The second-order valence-electron chi connectivity index (χ2n) is 7.63. The summed E-state index contributed by atoms with van der Waals surface area (Å²) < 4.78 is 0. The summed E-state index contributed by atoms with van der Waals surface area (Å²) >= 11 is 0. The summed E-state index contributed by atoms with van der Waals surface area (Å²) in [5.41, 5.74) is 2.14. The zero-order valence-electron chi connectivity index (χ0n) is 15.6. The van der Waals surface area contributed by atoms with Crippen LogP contribution in [-0.4, -0.2) is 51.2 Å². The lowest BCUT2D eigenvalue weighted by atomic mass is 9.78. The van der Waals surface area contributed by atoms with E-state index in [0.717, 1.165) is 37.1 Å². The Morgan fingerprint density at radius 1 is 1.15 bits per heavy atom. The summed E-state index contributed by atoms with van der Waals surface area (Å²) in [5.74, 6) is 0.154. The third-order valence-electron chi connectivity index (χ3n) is 5.75. The number of aryl methyl sites for hydroxylation is 1. The molecule has 4 rings (SSSR count). The van der Waals surface area contributed by atoms with Gasteiger partial charge < -0.3 is 9.80 Å². The van der Waals surface area contributed by atoms with Crippen molar-refractivity contribution in [3.63, 3.8) is 0 Å². The Morgan fingerprint density at radius 2 is 1.96 bits per heavy atom. The number of nitrogens with zero attached hydrogens (tertiary/aromatic N) is 4. The highest BCUT2D eigenvalue weighted by molar-refractivity contribution is 5.95. The molecule has 0 saturated carbocycles. The summed E-state index contributed by atoms with van der Waals surface area (Å²) in [6.07, 6.45) is 7.66. The maximum atomic E-state index is 13.2. The number of hydrogen-bond donors (Lipinski definition) is 0. The van der Waals surface area contributed by atoms with E-state index in [1.165, 1.54) is 0 Å². The number of pyridine rings is 2. The van der Waals surface area contributed by atoms with Crippen LogP contribution in [0.2, 0.25) is 0 Å².